The first kappa shape index (κ1) is 14.7. The van der Waals surface area contributed by atoms with Crippen LogP contribution in [0.2, 0.25) is 0 Å². The topological polar surface area (TPSA) is 41.1 Å². The van der Waals surface area contributed by atoms with Crippen LogP contribution in [0.3, 0.4) is 0 Å². The lowest BCUT2D eigenvalue weighted by Gasteiger charge is -2.14. The van der Waals surface area contributed by atoms with Gasteiger partial charge in [-0.15, -0.1) is 0 Å². The predicted molar refractivity (Wildman–Crippen MR) is 75.8 cm³/mol. The van der Waals surface area contributed by atoms with E-state index in [0.29, 0.717) is 12.5 Å². The summed E-state index contributed by atoms with van der Waals surface area (Å²) in [5.74, 6) is 0.607. The number of hydrogen-bond donors (Lipinski definition) is 2. The summed E-state index contributed by atoms with van der Waals surface area (Å²) in [7, 11) is 1.77. The maximum Gasteiger partial charge on any atom is 0.234 e. The van der Waals surface area contributed by atoms with Crippen LogP contribution >= 0.6 is 0 Å². The molecule has 3 nitrogen and oxygen atoms in total. The van der Waals surface area contributed by atoms with Crippen LogP contribution in [-0.2, 0) is 11.2 Å². The van der Waals surface area contributed by atoms with Gasteiger partial charge in [0.1, 0.15) is 0 Å². The zero-order chi connectivity index (χ0) is 13.5. The normalized spacial score (nSPS) is 12.5. The van der Waals surface area contributed by atoms with Crippen LogP contribution in [0.25, 0.3) is 0 Å². The number of likely N-dealkylation sites (N-methyl/N-ethyl adjacent to an activating group) is 1. The third-order valence-corrected chi connectivity index (χ3v) is 2.93. The standard InChI is InChI=1S/C15H24N2O/c1-11(2)14-7-5-13(6-8-14)9-12(3)17-15(18)10-16-4/h5-8,11-12,16H,9-10H2,1-4H3,(H,17,18). The molecule has 0 saturated heterocycles. The van der Waals surface area contributed by atoms with E-state index < -0.39 is 0 Å². The Labute approximate surface area is 110 Å². The second kappa shape index (κ2) is 7.17. The summed E-state index contributed by atoms with van der Waals surface area (Å²) in [5, 5.41) is 5.81. The van der Waals surface area contributed by atoms with Crippen LogP contribution in [0.1, 0.15) is 37.8 Å². The van der Waals surface area contributed by atoms with Gasteiger partial charge in [-0.2, -0.15) is 0 Å². The Kier molecular flexibility index (Phi) is 5.86. The molecule has 0 bridgehead atoms. The molecule has 18 heavy (non-hydrogen) atoms. The SMILES string of the molecule is CNCC(=O)NC(C)Cc1ccc(C(C)C)cc1. The first-order valence-electron chi connectivity index (χ1n) is 6.55. The Hall–Kier alpha value is -1.35. The van der Waals surface area contributed by atoms with Crippen molar-refractivity contribution in [1.29, 1.82) is 0 Å². The van der Waals surface area contributed by atoms with Crippen molar-refractivity contribution in [3.05, 3.63) is 35.4 Å². The molecule has 1 rings (SSSR count). The molecule has 0 saturated carbocycles. The molecule has 0 aromatic heterocycles. The molecular formula is C15H24N2O. The van der Waals surface area contributed by atoms with E-state index in [9.17, 15) is 4.79 Å². The van der Waals surface area contributed by atoms with Gasteiger partial charge in [-0.1, -0.05) is 38.1 Å². The monoisotopic (exact) mass is 248 g/mol. The lowest BCUT2D eigenvalue weighted by molar-refractivity contribution is -0.120. The number of nitrogens with one attached hydrogen (secondary N) is 2. The van der Waals surface area contributed by atoms with Gasteiger partial charge in [0, 0.05) is 6.04 Å². The number of rotatable bonds is 6. The van der Waals surface area contributed by atoms with Gasteiger partial charge < -0.3 is 10.6 Å². The summed E-state index contributed by atoms with van der Waals surface area (Å²) in [6, 6.07) is 8.80. The minimum atomic E-state index is 0.0452. The van der Waals surface area contributed by atoms with Gasteiger partial charge in [-0.05, 0) is 37.4 Å². The smallest absolute Gasteiger partial charge is 0.234 e. The van der Waals surface area contributed by atoms with Gasteiger partial charge in [0.15, 0.2) is 0 Å². The number of benzene rings is 1. The molecule has 0 heterocycles. The van der Waals surface area contributed by atoms with Crippen molar-refractivity contribution in [2.45, 2.75) is 39.2 Å². The fraction of sp³-hybridized carbons (Fsp3) is 0.533. The molecule has 0 aliphatic rings. The van der Waals surface area contributed by atoms with Crippen LogP contribution in [0.5, 0.6) is 0 Å². The molecule has 0 aliphatic heterocycles. The fourth-order valence-electron chi connectivity index (χ4n) is 1.93. The van der Waals surface area contributed by atoms with E-state index in [-0.39, 0.29) is 11.9 Å². The van der Waals surface area contributed by atoms with Gasteiger partial charge in [0.05, 0.1) is 6.54 Å². The summed E-state index contributed by atoms with van der Waals surface area (Å²) < 4.78 is 0. The molecule has 100 valence electrons. The third kappa shape index (κ3) is 4.88. The Morgan fingerprint density at radius 1 is 1.17 bits per heavy atom. The zero-order valence-electron chi connectivity index (χ0n) is 11.8. The molecule has 1 aromatic rings. The summed E-state index contributed by atoms with van der Waals surface area (Å²) in [6.45, 7) is 6.78. The highest BCUT2D eigenvalue weighted by molar-refractivity contribution is 5.78. The second-order valence-corrected chi connectivity index (χ2v) is 5.10. The minimum Gasteiger partial charge on any atom is -0.352 e. The van der Waals surface area contributed by atoms with Crippen molar-refractivity contribution in [3.63, 3.8) is 0 Å². The molecular weight excluding hydrogens is 224 g/mol. The maximum atomic E-state index is 11.4. The van der Waals surface area contributed by atoms with Crippen LogP contribution < -0.4 is 10.6 Å². The van der Waals surface area contributed by atoms with Gasteiger partial charge in [0.2, 0.25) is 5.91 Å². The second-order valence-electron chi connectivity index (χ2n) is 5.10. The Bertz CT molecular complexity index is 371. The predicted octanol–water partition coefficient (Wildman–Crippen LogP) is 2.08. The summed E-state index contributed by atoms with van der Waals surface area (Å²) in [5.41, 5.74) is 2.61. The average Bonchev–Trinajstić information content (AvgIpc) is 2.29. The highest BCUT2D eigenvalue weighted by Crippen LogP contribution is 2.15. The van der Waals surface area contributed by atoms with E-state index in [1.54, 1.807) is 7.05 Å². The highest BCUT2D eigenvalue weighted by atomic mass is 16.1. The lowest BCUT2D eigenvalue weighted by atomic mass is 9.99. The van der Waals surface area contributed by atoms with E-state index in [1.807, 2.05) is 6.92 Å². The zero-order valence-corrected chi connectivity index (χ0v) is 11.8. The van der Waals surface area contributed by atoms with Crippen LogP contribution in [0.4, 0.5) is 0 Å². The minimum absolute atomic E-state index is 0.0452. The van der Waals surface area contributed by atoms with Crippen molar-refractivity contribution in [1.82, 2.24) is 10.6 Å². The lowest BCUT2D eigenvalue weighted by Crippen LogP contribution is -2.39. The highest BCUT2D eigenvalue weighted by Gasteiger charge is 2.07. The Balaban J connectivity index is 2.49. The first-order valence-corrected chi connectivity index (χ1v) is 6.55. The van der Waals surface area contributed by atoms with E-state index in [0.717, 1.165) is 6.42 Å². The Morgan fingerprint density at radius 2 is 1.78 bits per heavy atom. The molecule has 0 spiro atoms. The molecule has 1 atom stereocenters. The van der Waals surface area contributed by atoms with E-state index in [1.165, 1.54) is 11.1 Å². The molecule has 2 N–H and O–H groups in total. The van der Waals surface area contributed by atoms with Crippen molar-refractivity contribution < 1.29 is 4.79 Å². The third-order valence-electron chi connectivity index (χ3n) is 2.93. The van der Waals surface area contributed by atoms with Gasteiger partial charge in [-0.3, -0.25) is 4.79 Å². The van der Waals surface area contributed by atoms with Crippen LogP contribution in [0, 0.1) is 0 Å². The average molecular weight is 248 g/mol. The molecule has 3 heteroatoms. The summed E-state index contributed by atoms with van der Waals surface area (Å²) in [4.78, 5) is 11.4. The van der Waals surface area contributed by atoms with Gasteiger partial charge in [0.25, 0.3) is 0 Å². The van der Waals surface area contributed by atoms with Crippen molar-refractivity contribution in [3.8, 4) is 0 Å². The van der Waals surface area contributed by atoms with Crippen molar-refractivity contribution >= 4 is 5.91 Å². The molecule has 0 fully saturated rings. The van der Waals surface area contributed by atoms with E-state index in [4.69, 9.17) is 0 Å². The molecule has 1 aromatic carbocycles. The van der Waals surface area contributed by atoms with Crippen LogP contribution in [-0.4, -0.2) is 25.5 Å². The first-order chi connectivity index (χ1) is 8.52. The van der Waals surface area contributed by atoms with E-state index >= 15 is 0 Å². The molecule has 0 radical (unpaired) electrons. The molecule has 1 unspecified atom stereocenters. The number of amides is 1. The molecule has 1 amide bonds. The van der Waals surface area contributed by atoms with Gasteiger partial charge >= 0.3 is 0 Å². The largest absolute Gasteiger partial charge is 0.352 e. The maximum absolute atomic E-state index is 11.4. The number of hydrogen-bond acceptors (Lipinski definition) is 2. The van der Waals surface area contributed by atoms with Crippen LogP contribution in [0.15, 0.2) is 24.3 Å². The number of carbonyl (C=O) groups is 1. The quantitative estimate of drug-likeness (QED) is 0.809. The van der Waals surface area contributed by atoms with Crippen molar-refractivity contribution in [2.24, 2.45) is 0 Å². The van der Waals surface area contributed by atoms with Gasteiger partial charge in [-0.25, -0.2) is 0 Å². The number of carbonyl (C=O) groups excluding carboxylic acids is 1. The van der Waals surface area contributed by atoms with E-state index in [2.05, 4.69) is 48.7 Å². The summed E-state index contributed by atoms with van der Waals surface area (Å²) in [6.07, 6.45) is 0.869. The van der Waals surface area contributed by atoms with Crippen molar-refractivity contribution in [2.75, 3.05) is 13.6 Å². The fourth-order valence-corrected chi connectivity index (χ4v) is 1.93. The summed E-state index contributed by atoms with van der Waals surface area (Å²) >= 11 is 0. The molecule has 0 aliphatic carbocycles. The Morgan fingerprint density at radius 3 is 2.28 bits per heavy atom.